The van der Waals surface area contributed by atoms with Crippen LogP contribution in [0.25, 0.3) is 0 Å². The number of hydrogen-bond acceptors (Lipinski definition) is 8. The van der Waals surface area contributed by atoms with Gasteiger partial charge < -0.3 is 9.68 Å². The zero-order valence-corrected chi connectivity index (χ0v) is 10.6. The van der Waals surface area contributed by atoms with Gasteiger partial charge in [0.05, 0.1) is 0 Å². The maximum absolute atomic E-state index is 11.3. The first-order valence-electron chi connectivity index (χ1n) is 5.62. The van der Waals surface area contributed by atoms with Crippen LogP contribution in [0.15, 0.2) is 36.5 Å². The second-order valence-electron chi connectivity index (χ2n) is 3.76. The SMILES string of the molecule is O=C(/C=C\C(=O)ON1C(=O)C=CC1=O)ON1C(=O)C=CC1=O. The number of rotatable bonds is 4. The number of amides is 4. The van der Waals surface area contributed by atoms with E-state index >= 15 is 0 Å². The number of imide groups is 2. The highest BCUT2D eigenvalue weighted by atomic mass is 16.7. The van der Waals surface area contributed by atoms with Gasteiger partial charge in [0.1, 0.15) is 0 Å². The van der Waals surface area contributed by atoms with Crippen molar-refractivity contribution in [2.24, 2.45) is 0 Å². The fourth-order valence-corrected chi connectivity index (χ4v) is 1.33. The Bertz CT molecular complexity index is 593. The van der Waals surface area contributed by atoms with E-state index in [1.165, 1.54) is 0 Å². The van der Waals surface area contributed by atoms with Crippen molar-refractivity contribution < 1.29 is 38.4 Å². The van der Waals surface area contributed by atoms with Crippen molar-refractivity contribution in [2.75, 3.05) is 0 Å². The molecule has 2 rings (SSSR count). The van der Waals surface area contributed by atoms with E-state index in [1.807, 2.05) is 0 Å². The Morgan fingerprint density at radius 1 is 0.682 bits per heavy atom. The van der Waals surface area contributed by atoms with Crippen LogP contribution in [-0.4, -0.2) is 45.7 Å². The fraction of sp³-hybridized carbons (Fsp3) is 0. The molecular formula is C12H6N2O8. The van der Waals surface area contributed by atoms with E-state index in [2.05, 4.69) is 9.68 Å². The topological polar surface area (TPSA) is 127 Å². The van der Waals surface area contributed by atoms with E-state index in [1.54, 1.807) is 0 Å². The monoisotopic (exact) mass is 306 g/mol. The molecule has 0 bridgehead atoms. The average molecular weight is 306 g/mol. The van der Waals surface area contributed by atoms with Gasteiger partial charge in [-0.2, -0.15) is 0 Å². The first-order valence-corrected chi connectivity index (χ1v) is 5.62. The van der Waals surface area contributed by atoms with Gasteiger partial charge >= 0.3 is 11.9 Å². The van der Waals surface area contributed by atoms with E-state index in [9.17, 15) is 28.8 Å². The predicted molar refractivity (Wildman–Crippen MR) is 63.3 cm³/mol. The smallest absolute Gasteiger partial charge is 0.325 e. The van der Waals surface area contributed by atoms with Crippen molar-refractivity contribution in [1.29, 1.82) is 0 Å². The first kappa shape index (κ1) is 14.8. The molecule has 0 fully saturated rings. The molecule has 0 aromatic rings. The number of hydrogen-bond donors (Lipinski definition) is 0. The van der Waals surface area contributed by atoms with Gasteiger partial charge in [-0.15, -0.1) is 0 Å². The Labute approximate surface area is 121 Å². The van der Waals surface area contributed by atoms with Crippen molar-refractivity contribution in [3.8, 4) is 0 Å². The molecule has 0 N–H and O–H groups in total. The summed E-state index contributed by atoms with van der Waals surface area (Å²) in [5.74, 6) is -5.83. The molecule has 0 aliphatic carbocycles. The lowest BCUT2D eigenvalue weighted by molar-refractivity contribution is -0.193. The lowest BCUT2D eigenvalue weighted by Gasteiger charge is -2.11. The molecule has 2 aliphatic heterocycles. The first-order chi connectivity index (χ1) is 10.4. The zero-order valence-electron chi connectivity index (χ0n) is 10.6. The fourth-order valence-electron chi connectivity index (χ4n) is 1.33. The molecule has 0 atom stereocenters. The predicted octanol–water partition coefficient (Wildman–Crippen LogP) is -1.69. The van der Waals surface area contributed by atoms with Crippen molar-refractivity contribution >= 4 is 35.6 Å². The van der Waals surface area contributed by atoms with Crippen LogP contribution >= 0.6 is 0 Å². The van der Waals surface area contributed by atoms with Gasteiger partial charge in [-0.3, -0.25) is 19.2 Å². The van der Waals surface area contributed by atoms with E-state index in [4.69, 9.17) is 0 Å². The molecule has 0 radical (unpaired) electrons. The second kappa shape index (κ2) is 5.83. The van der Waals surface area contributed by atoms with Crippen LogP contribution in [-0.2, 0) is 38.4 Å². The molecule has 0 saturated heterocycles. The Kier molecular flexibility index (Phi) is 3.93. The molecule has 22 heavy (non-hydrogen) atoms. The summed E-state index contributed by atoms with van der Waals surface area (Å²) in [5.41, 5.74) is 0. The molecular weight excluding hydrogens is 300 g/mol. The van der Waals surface area contributed by atoms with E-state index in [0.29, 0.717) is 12.2 Å². The molecule has 0 aromatic heterocycles. The molecule has 0 spiro atoms. The van der Waals surface area contributed by atoms with Crippen molar-refractivity contribution in [3.63, 3.8) is 0 Å². The molecule has 0 saturated carbocycles. The third kappa shape index (κ3) is 3.12. The third-order valence-corrected chi connectivity index (χ3v) is 2.26. The number of carbonyl (C=O) groups is 6. The molecule has 0 aromatic carbocycles. The molecule has 0 unspecified atom stereocenters. The summed E-state index contributed by atoms with van der Waals surface area (Å²) < 4.78 is 0. The minimum atomic E-state index is -1.21. The molecule has 10 heteroatoms. The van der Waals surface area contributed by atoms with Gasteiger partial charge in [0.2, 0.25) is 0 Å². The van der Waals surface area contributed by atoms with Gasteiger partial charge in [0.15, 0.2) is 0 Å². The zero-order chi connectivity index (χ0) is 16.3. The summed E-state index contributed by atoms with van der Waals surface area (Å²) >= 11 is 0. The molecule has 112 valence electrons. The van der Waals surface area contributed by atoms with Gasteiger partial charge in [-0.05, 0) is 0 Å². The number of nitrogens with zero attached hydrogens (tertiary/aromatic N) is 2. The minimum Gasteiger partial charge on any atom is -0.325 e. The normalized spacial score (nSPS) is 17.1. The van der Waals surface area contributed by atoms with E-state index in [-0.39, 0.29) is 10.1 Å². The van der Waals surface area contributed by atoms with Gasteiger partial charge in [-0.25, -0.2) is 9.59 Å². The van der Waals surface area contributed by atoms with Crippen LogP contribution in [0.4, 0.5) is 0 Å². The minimum absolute atomic E-state index is 0.190. The highest BCUT2D eigenvalue weighted by Crippen LogP contribution is 2.06. The highest BCUT2D eigenvalue weighted by Gasteiger charge is 2.28. The quantitative estimate of drug-likeness (QED) is 0.444. The van der Waals surface area contributed by atoms with Gasteiger partial charge in [0, 0.05) is 36.5 Å². The second-order valence-corrected chi connectivity index (χ2v) is 3.76. The Balaban J connectivity index is 1.86. The van der Waals surface area contributed by atoms with Crippen LogP contribution in [0.2, 0.25) is 0 Å². The highest BCUT2D eigenvalue weighted by molar-refractivity contribution is 6.13. The summed E-state index contributed by atoms with van der Waals surface area (Å²) in [4.78, 5) is 75.8. The molecule has 4 amide bonds. The largest absolute Gasteiger partial charge is 0.357 e. The Morgan fingerprint density at radius 2 is 0.955 bits per heavy atom. The van der Waals surface area contributed by atoms with E-state index in [0.717, 1.165) is 24.3 Å². The van der Waals surface area contributed by atoms with Crippen LogP contribution in [0.3, 0.4) is 0 Å². The van der Waals surface area contributed by atoms with Crippen LogP contribution < -0.4 is 0 Å². The lowest BCUT2D eigenvalue weighted by Crippen LogP contribution is -2.33. The summed E-state index contributed by atoms with van der Waals surface area (Å²) in [6.45, 7) is 0. The van der Waals surface area contributed by atoms with Gasteiger partial charge in [-0.1, -0.05) is 10.1 Å². The van der Waals surface area contributed by atoms with Gasteiger partial charge in [0.25, 0.3) is 23.6 Å². The van der Waals surface area contributed by atoms with Crippen molar-refractivity contribution in [1.82, 2.24) is 10.1 Å². The van der Waals surface area contributed by atoms with Crippen LogP contribution in [0, 0.1) is 0 Å². The average Bonchev–Trinajstić information content (AvgIpc) is 2.95. The summed E-state index contributed by atoms with van der Waals surface area (Å²) in [6.07, 6.45) is 4.69. The Hall–Kier alpha value is -3.56. The van der Waals surface area contributed by atoms with Crippen LogP contribution in [0.5, 0.6) is 0 Å². The number of hydroxylamine groups is 4. The molecule has 2 heterocycles. The third-order valence-electron chi connectivity index (χ3n) is 2.26. The van der Waals surface area contributed by atoms with E-state index < -0.39 is 35.6 Å². The number of carbonyl (C=O) groups excluding carboxylic acids is 6. The van der Waals surface area contributed by atoms with Crippen molar-refractivity contribution in [2.45, 2.75) is 0 Å². The molecule has 2 aliphatic rings. The summed E-state index contributed by atoms with van der Waals surface area (Å²) in [7, 11) is 0. The maximum Gasteiger partial charge on any atom is 0.357 e. The lowest BCUT2D eigenvalue weighted by atomic mass is 10.5. The standard InChI is InChI=1S/C12H6N2O8/c15-7-1-2-8(16)13(7)21-11(19)5-6-12(20)22-14-9(17)3-4-10(14)18/h1-6H/b6-5-. The molecule has 10 nitrogen and oxygen atoms in total. The van der Waals surface area contributed by atoms with Crippen molar-refractivity contribution in [3.05, 3.63) is 36.5 Å². The summed E-state index contributed by atoms with van der Waals surface area (Å²) in [5, 5.41) is 0.380. The Morgan fingerprint density at radius 3 is 1.23 bits per heavy atom. The van der Waals surface area contributed by atoms with Crippen LogP contribution in [0.1, 0.15) is 0 Å². The summed E-state index contributed by atoms with van der Waals surface area (Å²) in [6, 6.07) is 0. The maximum atomic E-state index is 11.3.